The molecule has 0 atom stereocenters. The number of anilines is 1. The van der Waals surface area contributed by atoms with E-state index >= 15 is 0 Å². The van der Waals surface area contributed by atoms with Gasteiger partial charge in [0.1, 0.15) is 5.82 Å². The summed E-state index contributed by atoms with van der Waals surface area (Å²) < 4.78 is 13.2. The summed E-state index contributed by atoms with van der Waals surface area (Å²) in [5.41, 5.74) is 9.91. The highest BCUT2D eigenvalue weighted by Gasteiger charge is 2.12. The maximum Gasteiger partial charge on any atom is 0.123 e. The lowest BCUT2D eigenvalue weighted by Crippen LogP contribution is -2.30. The third kappa shape index (κ3) is 4.30. The van der Waals surface area contributed by atoms with Crippen LogP contribution in [0.1, 0.15) is 30.5 Å². The van der Waals surface area contributed by atoms with Gasteiger partial charge in [0.2, 0.25) is 0 Å². The van der Waals surface area contributed by atoms with Crippen molar-refractivity contribution in [1.82, 2.24) is 4.90 Å². The van der Waals surface area contributed by atoms with Crippen LogP contribution in [0.25, 0.3) is 0 Å². The Kier molecular flexibility index (Phi) is 4.97. The third-order valence-electron chi connectivity index (χ3n) is 3.77. The van der Waals surface area contributed by atoms with E-state index in [1.165, 1.54) is 17.2 Å². The van der Waals surface area contributed by atoms with Gasteiger partial charge in [0.25, 0.3) is 0 Å². The van der Waals surface area contributed by atoms with Crippen LogP contribution in [0.3, 0.4) is 0 Å². The lowest BCUT2D eigenvalue weighted by molar-refractivity contribution is 0.203. The van der Waals surface area contributed by atoms with E-state index < -0.39 is 0 Å². The summed E-state index contributed by atoms with van der Waals surface area (Å²) in [5, 5.41) is 0. The Morgan fingerprint density at radius 3 is 2.29 bits per heavy atom. The van der Waals surface area contributed by atoms with E-state index in [0.717, 1.165) is 24.3 Å². The predicted molar refractivity (Wildman–Crippen MR) is 86.4 cm³/mol. The molecule has 3 heteroatoms. The zero-order valence-electron chi connectivity index (χ0n) is 12.9. The Balaban J connectivity index is 2.13. The summed E-state index contributed by atoms with van der Waals surface area (Å²) in [6.07, 6.45) is 0. The van der Waals surface area contributed by atoms with Gasteiger partial charge in [0, 0.05) is 24.8 Å². The van der Waals surface area contributed by atoms with Crippen LogP contribution in [0.4, 0.5) is 10.1 Å². The minimum absolute atomic E-state index is 0.175. The molecule has 0 aliphatic rings. The first kappa shape index (κ1) is 15.5. The highest BCUT2D eigenvalue weighted by Crippen LogP contribution is 2.17. The van der Waals surface area contributed by atoms with E-state index in [-0.39, 0.29) is 5.82 Å². The molecule has 0 saturated carbocycles. The van der Waals surface area contributed by atoms with Crippen LogP contribution in [0, 0.1) is 12.7 Å². The lowest BCUT2D eigenvalue weighted by Gasteiger charge is -2.27. The Morgan fingerprint density at radius 2 is 1.71 bits per heavy atom. The van der Waals surface area contributed by atoms with Crippen LogP contribution in [0.5, 0.6) is 0 Å². The van der Waals surface area contributed by atoms with E-state index in [4.69, 9.17) is 5.73 Å². The van der Waals surface area contributed by atoms with Gasteiger partial charge in [-0.25, -0.2) is 4.39 Å². The lowest BCUT2D eigenvalue weighted by atomic mass is 10.1. The van der Waals surface area contributed by atoms with Crippen molar-refractivity contribution < 1.29 is 4.39 Å². The minimum atomic E-state index is -0.175. The van der Waals surface area contributed by atoms with E-state index in [2.05, 4.69) is 30.9 Å². The second kappa shape index (κ2) is 6.72. The monoisotopic (exact) mass is 286 g/mol. The summed E-state index contributed by atoms with van der Waals surface area (Å²) in [4.78, 5) is 2.37. The Bertz CT molecular complexity index is 591. The van der Waals surface area contributed by atoms with Gasteiger partial charge in [-0.2, -0.15) is 0 Å². The first-order chi connectivity index (χ1) is 9.95. The number of nitrogens with zero attached hydrogens (tertiary/aromatic N) is 1. The summed E-state index contributed by atoms with van der Waals surface area (Å²) in [7, 11) is 0. The van der Waals surface area contributed by atoms with Gasteiger partial charge in [-0.05, 0) is 61.7 Å². The van der Waals surface area contributed by atoms with Gasteiger partial charge >= 0.3 is 0 Å². The molecule has 0 radical (unpaired) electrons. The molecule has 0 aliphatic carbocycles. The first-order valence-electron chi connectivity index (χ1n) is 7.29. The predicted octanol–water partition coefficient (Wildman–Crippen LogP) is 4.13. The fourth-order valence-corrected chi connectivity index (χ4v) is 2.33. The van der Waals surface area contributed by atoms with Crippen molar-refractivity contribution in [1.29, 1.82) is 0 Å². The largest absolute Gasteiger partial charge is 0.399 e. The third-order valence-corrected chi connectivity index (χ3v) is 3.77. The maximum absolute atomic E-state index is 13.2. The molecule has 0 spiro atoms. The number of hydrogen-bond acceptors (Lipinski definition) is 2. The molecule has 2 aromatic rings. The second-order valence-electron chi connectivity index (χ2n) is 5.81. The first-order valence-corrected chi connectivity index (χ1v) is 7.29. The van der Waals surface area contributed by atoms with Crippen molar-refractivity contribution in [3.63, 3.8) is 0 Å². The second-order valence-corrected chi connectivity index (χ2v) is 5.81. The van der Waals surface area contributed by atoms with Gasteiger partial charge in [-0.3, -0.25) is 4.90 Å². The zero-order valence-corrected chi connectivity index (χ0v) is 12.9. The van der Waals surface area contributed by atoms with Crippen LogP contribution in [0.15, 0.2) is 42.5 Å². The van der Waals surface area contributed by atoms with Gasteiger partial charge in [-0.15, -0.1) is 0 Å². The normalized spacial score (nSPS) is 11.3. The summed E-state index contributed by atoms with van der Waals surface area (Å²) >= 11 is 0. The molecule has 0 aliphatic heterocycles. The highest BCUT2D eigenvalue weighted by molar-refractivity contribution is 5.39. The molecule has 2 N–H and O–H groups in total. The Labute approximate surface area is 126 Å². The number of nitrogens with two attached hydrogens (primary N) is 1. The molecule has 0 fully saturated rings. The molecule has 21 heavy (non-hydrogen) atoms. The molecular weight excluding hydrogens is 263 g/mol. The molecule has 0 heterocycles. The number of hydrogen-bond donors (Lipinski definition) is 1. The standard InChI is InChI=1S/C18H23FN2/c1-13(2)21(11-15-4-8-18(20)9-5-15)12-16-6-7-17(19)10-14(16)3/h4-10,13H,11-12,20H2,1-3H3. The van der Waals surface area contributed by atoms with Crippen LogP contribution in [-0.2, 0) is 13.1 Å². The van der Waals surface area contributed by atoms with Crippen molar-refractivity contribution in [2.45, 2.75) is 39.9 Å². The topological polar surface area (TPSA) is 29.3 Å². The van der Waals surface area contributed by atoms with E-state index in [1.807, 2.05) is 25.1 Å². The van der Waals surface area contributed by atoms with Crippen molar-refractivity contribution in [2.24, 2.45) is 0 Å². The molecule has 112 valence electrons. The molecule has 2 rings (SSSR count). The quantitative estimate of drug-likeness (QED) is 0.837. The SMILES string of the molecule is Cc1cc(F)ccc1CN(Cc1ccc(N)cc1)C(C)C. The van der Waals surface area contributed by atoms with Crippen molar-refractivity contribution in [2.75, 3.05) is 5.73 Å². The fourth-order valence-electron chi connectivity index (χ4n) is 2.33. The van der Waals surface area contributed by atoms with Crippen LogP contribution in [0.2, 0.25) is 0 Å². The average Bonchev–Trinajstić information content (AvgIpc) is 2.43. The Morgan fingerprint density at radius 1 is 1.05 bits per heavy atom. The van der Waals surface area contributed by atoms with Crippen molar-refractivity contribution in [3.8, 4) is 0 Å². The number of benzene rings is 2. The van der Waals surface area contributed by atoms with Crippen LogP contribution < -0.4 is 5.73 Å². The molecule has 0 amide bonds. The van der Waals surface area contributed by atoms with Crippen molar-refractivity contribution in [3.05, 3.63) is 65.0 Å². The molecule has 0 saturated heterocycles. The van der Waals surface area contributed by atoms with Gasteiger partial charge in [0.15, 0.2) is 0 Å². The van der Waals surface area contributed by atoms with Gasteiger partial charge in [0.05, 0.1) is 0 Å². The molecule has 2 nitrogen and oxygen atoms in total. The Hall–Kier alpha value is -1.87. The number of halogens is 1. The minimum Gasteiger partial charge on any atom is -0.399 e. The van der Waals surface area contributed by atoms with Crippen LogP contribution in [-0.4, -0.2) is 10.9 Å². The molecule has 0 bridgehead atoms. The number of rotatable bonds is 5. The summed E-state index contributed by atoms with van der Waals surface area (Å²) in [6.45, 7) is 7.98. The molecule has 0 aromatic heterocycles. The molecule has 2 aromatic carbocycles. The van der Waals surface area contributed by atoms with E-state index in [9.17, 15) is 4.39 Å². The van der Waals surface area contributed by atoms with E-state index in [0.29, 0.717) is 6.04 Å². The molecule has 0 unspecified atom stereocenters. The zero-order chi connectivity index (χ0) is 15.4. The maximum atomic E-state index is 13.2. The number of nitrogen functional groups attached to an aromatic ring is 1. The van der Waals surface area contributed by atoms with Crippen molar-refractivity contribution >= 4 is 5.69 Å². The smallest absolute Gasteiger partial charge is 0.123 e. The fraction of sp³-hybridized carbons (Fsp3) is 0.333. The average molecular weight is 286 g/mol. The van der Waals surface area contributed by atoms with Gasteiger partial charge < -0.3 is 5.73 Å². The van der Waals surface area contributed by atoms with Crippen LogP contribution >= 0.6 is 0 Å². The van der Waals surface area contributed by atoms with E-state index in [1.54, 1.807) is 6.07 Å². The summed E-state index contributed by atoms with van der Waals surface area (Å²) in [6, 6.07) is 13.4. The molecular formula is C18H23FN2. The van der Waals surface area contributed by atoms with Gasteiger partial charge in [-0.1, -0.05) is 18.2 Å². The summed E-state index contributed by atoms with van der Waals surface area (Å²) in [5.74, 6) is -0.175. The number of aryl methyl sites for hydroxylation is 1. The highest BCUT2D eigenvalue weighted by atomic mass is 19.1.